The second-order valence-corrected chi connectivity index (χ2v) is 4.17. The van der Waals surface area contributed by atoms with Gasteiger partial charge in [-0.25, -0.2) is 4.98 Å². The third kappa shape index (κ3) is 3.49. The lowest BCUT2D eigenvalue weighted by atomic mass is 10.1. The number of anilines is 1. The minimum atomic E-state index is 0.0756. The van der Waals surface area contributed by atoms with Gasteiger partial charge in [-0.15, -0.1) is 0 Å². The lowest BCUT2D eigenvalue weighted by Gasteiger charge is -2.22. The van der Waals surface area contributed by atoms with E-state index in [1.807, 2.05) is 19.2 Å². The van der Waals surface area contributed by atoms with Crippen LogP contribution in [-0.4, -0.2) is 18.1 Å². The van der Waals surface area contributed by atoms with Crippen molar-refractivity contribution in [3.8, 4) is 0 Å². The van der Waals surface area contributed by atoms with Crippen molar-refractivity contribution in [3.63, 3.8) is 0 Å². The van der Waals surface area contributed by atoms with Gasteiger partial charge in [0.25, 0.3) is 0 Å². The van der Waals surface area contributed by atoms with Crippen molar-refractivity contribution >= 4 is 5.82 Å². The Balaban J connectivity index is 2.79. The van der Waals surface area contributed by atoms with E-state index in [4.69, 9.17) is 5.73 Å². The number of aromatic nitrogens is 1. The fourth-order valence-corrected chi connectivity index (χ4v) is 1.67. The van der Waals surface area contributed by atoms with Gasteiger partial charge in [0.05, 0.1) is 0 Å². The lowest BCUT2D eigenvalue weighted by molar-refractivity contribution is 0.721. The van der Waals surface area contributed by atoms with Crippen molar-refractivity contribution in [2.24, 2.45) is 5.73 Å². The summed E-state index contributed by atoms with van der Waals surface area (Å²) in [4.78, 5) is 6.72. The van der Waals surface area contributed by atoms with Crippen LogP contribution in [0.1, 0.15) is 45.2 Å². The molecule has 0 bridgehead atoms. The van der Waals surface area contributed by atoms with E-state index in [2.05, 4.69) is 29.8 Å². The van der Waals surface area contributed by atoms with E-state index < -0.39 is 0 Å². The van der Waals surface area contributed by atoms with Crippen LogP contribution in [-0.2, 0) is 0 Å². The van der Waals surface area contributed by atoms with Gasteiger partial charge in [-0.05, 0) is 38.0 Å². The highest BCUT2D eigenvalue weighted by atomic mass is 15.2. The maximum Gasteiger partial charge on any atom is 0.128 e. The molecule has 2 N–H and O–H groups in total. The first kappa shape index (κ1) is 13.0. The Morgan fingerprint density at radius 1 is 1.44 bits per heavy atom. The highest BCUT2D eigenvalue weighted by molar-refractivity contribution is 5.41. The number of nitrogens with two attached hydrogens (primary N) is 1. The molecule has 0 fully saturated rings. The summed E-state index contributed by atoms with van der Waals surface area (Å²) in [6.07, 6.45) is 4.27. The second kappa shape index (κ2) is 6.48. The topological polar surface area (TPSA) is 42.1 Å². The first-order valence-corrected chi connectivity index (χ1v) is 6.15. The quantitative estimate of drug-likeness (QED) is 0.803. The molecule has 1 atom stereocenters. The average Bonchev–Trinajstić information content (AvgIpc) is 2.30. The summed E-state index contributed by atoms with van der Waals surface area (Å²) in [5.41, 5.74) is 7.03. The van der Waals surface area contributed by atoms with Crippen LogP contribution in [0.5, 0.6) is 0 Å². The fourth-order valence-electron chi connectivity index (χ4n) is 1.67. The molecule has 0 aromatic carbocycles. The van der Waals surface area contributed by atoms with Crippen LogP contribution in [0.15, 0.2) is 18.3 Å². The van der Waals surface area contributed by atoms with Gasteiger partial charge < -0.3 is 10.6 Å². The number of nitrogens with zero attached hydrogens (tertiary/aromatic N) is 2. The molecule has 3 nitrogen and oxygen atoms in total. The third-order valence-electron chi connectivity index (χ3n) is 2.78. The Kier molecular flexibility index (Phi) is 5.26. The zero-order valence-electron chi connectivity index (χ0n) is 10.6. The zero-order valence-corrected chi connectivity index (χ0v) is 10.6. The molecule has 0 saturated heterocycles. The summed E-state index contributed by atoms with van der Waals surface area (Å²) in [6, 6.07) is 4.16. The van der Waals surface area contributed by atoms with Crippen LogP contribution in [0.3, 0.4) is 0 Å². The number of unbranched alkanes of at least 4 members (excludes halogenated alkanes) is 1. The Hall–Kier alpha value is -1.09. The van der Waals surface area contributed by atoms with Crippen molar-refractivity contribution < 1.29 is 0 Å². The molecule has 0 unspecified atom stereocenters. The van der Waals surface area contributed by atoms with Gasteiger partial charge in [0.15, 0.2) is 0 Å². The molecule has 16 heavy (non-hydrogen) atoms. The van der Waals surface area contributed by atoms with Crippen molar-refractivity contribution in [2.75, 3.05) is 18.0 Å². The predicted molar refractivity (Wildman–Crippen MR) is 69.6 cm³/mol. The maximum absolute atomic E-state index is 5.88. The molecule has 0 saturated carbocycles. The fraction of sp³-hybridized carbons (Fsp3) is 0.615. The number of hydrogen-bond donors (Lipinski definition) is 1. The van der Waals surface area contributed by atoms with Crippen molar-refractivity contribution in [2.45, 2.75) is 39.7 Å². The van der Waals surface area contributed by atoms with Gasteiger partial charge in [-0.3, -0.25) is 0 Å². The van der Waals surface area contributed by atoms with Crippen LogP contribution in [0.25, 0.3) is 0 Å². The van der Waals surface area contributed by atoms with Gasteiger partial charge in [0.1, 0.15) is 5.82 Å². The Morgan fingerprint density at radius 3 is 2.75 bits per heavy atom. The van der Waals surface area contributed by atoms with Gasteiger partial charge in [-0.1, -0.05) is 13.3 Å². The predicted octanol–water partition coefficient (Wildman–Crippen LogP) is 2.73. The SMILES string of the molecule is CCCCN(CC)c1cc([C@@H](C)N)ccn1. The zero-order chi connectivity index (χ0) is 12.0. The Morgan fingerprint density at radius 2 is 2.19 bits per heavy atom. The highest BCUT2D eigenvalue weighted by Crippen LogP contribution is 2.16. The Labute approximate surface area is 98.7 Å². The summed E-state index contributed by atoms with van der Waals surface area (Å²) in [7, 11) is 0. The van der Waals surface area contributed by atoms with E-state index in [0.717, 1.165) is 24.5 Å². The van der Waals surface area contributed by atoms with E-state index in [1.54, 1.807) is 0 Å². The summed E-state index contributed by atoms with van der Waals surface area (Å²) < 4.78 is 0. The molecule has 1 rings (SSSR count). The van der Waals surface area contributed by atoms with Crippen molar-refractivity contribution in [1.29, 1.82) is 0 Å². The van der Waals surface area contributed by atoms with Crippen LogP contribution in [0.2, 0.25) is 0 Å². The molecule has 0 amide bonds. The number of rotatable bonds is 6. The smallest absolute Gasteiger partial charge is 0.128 e. The molecule has 0 aliphatic heterocycles. The van der Waals surface area contributed by atoms with Crippen LogP contribution < -0.4 is 10.6 Å². The minimum absolute atomic E-state index is 0.0756. The minimum Gasteiger partial charge on any atom is -0.357 e. The van der Waals surface area contributed by atoms with Crippen molar-refractivity contribution in [1.82, 2.24) is 4.98 Å². The van der Waals surface area contributed by atoms with Gasteiger partial charge >= 0.3 is 0 Å². The average molecular weight is 221 g/mol. The first-order valence-electron chi connectivity index (χ1n) is 6.15. The monoisotopic (exact) mass is 221 g/mol. The molecule has 1 aromatic rings. The molecule has 0 aliphatic carbocycles. The van der Waals surface area contributed by atoms with Gasteiger partial charge in [0.2, 0.25) is 0 Å². The summed E-state index contributed by atoms with van der Waals surface area (Å²) >= 11 is 0. The molecule has 0 radical (unpaired) electrons. The third-order valence-corrected chi connectivity index (χ3v) is 2.78. The van der Waals surface area contributed by atoms with E-state index in [0.29, 0.717) is 0 Å². The van der Waals surface area contributed by atoms with Gasteiger partial charge in [-0.2, -0.15) is 0 Å². The summed E-state index contributed by atoms with van der Waals surface area (Å²) in [5.74, 6) is 1.05. The second-order valence-electron chi connectivity index (χ2n) is 4.17. The molecule has 1 heterocycles. The molecule has 0 aliphatic rings. The number of pyridine rings is 1. The lowest BCUT2D eigenvalue weighted by Crippen LogP contribution is -2.25. The maximum atomic E-state index is 5.88. The summed E-state index contributed by atoms with van der Waals surface area (Å²) in [5, 5.41) is 0. The molecular weight excluding hydrogens is 198 g/mol. The molecule has 90 valence electrons. The molecule has 1 aromatic heterocycles. The summed E-state index contributed by atoms with van der Waals surface area (Å²) in [6.45, 7) is 8.44. The Bertz CT molecular complexity index is 310. The van der Waals surface area contributed by atoms with E-state index in [-0.39, 0.29) is 6.04 Å². The van der Waals surface area contributed by atoms with Crippen LogP contribution in [0, 0.1) is 0 Å². The molecular formula is C13H23N3. The highest BCUT2D eigenvalue weighted by Gasteiger charge is 2.07. The van der Waals surface area contributed by atoms with E-state index in [9.17, 15) is 0 Å². The number of hydrogen-bond acceptors (Lipinski definition) is 3. The standard InChI is InChI=1S/C13H23N3/c1-4-6-9-16(5-2)13-10-12(11(3)14)7-8-15-13/h7-8,10-11H,4-6,9,14H2,1-3H3/t11-/m1/s1. The van der Waals surface area contributed by atoms with E-state index >= 15 is 0 Å². The molecule has 0 spiro atoms. The van der Waals surface area contributed by atoms with Crippen molar-refractivity contribution in [3.05, 3.63) is 23.9 Å². The van der Waals surface area contributed by atoms with E-state index in [1.165, 1.54) is 12.8 Å². The van der Waals surface area contributed by atoms with Crippen LogP contribution in [0.4, 0.5) is 5.82 Å². The molecule has 3 heteroatoms. The van der Waals surface area contributed by atoms with Crippen LogP contribution >= 0.6 is 0 Å². The van der Waals surface area contributed by atoms with Gasteiger partial charge in [0, 0.05) is 25.3 Å². The first-order chi connectivity index (χ1) is 7.69. The largest absolute Gasteiger partial charge is 0.357 e. The normalized spacial score (nSPS) is 12.5.